The number of phenols is 1. The maximum absolute atomic E-state index is 12.7. The second-order valence-electron chi connectivity index (χ2n) is 8.53. The molecule has 2 N–H and O–H groups in total. The van der Waals surface area contributed by atoms with E-state index in [0.717, 1.165) is 24.8 Å². The number of aliphatic carboxylic acids is 1. The third kappa shape index (κ3) is 3.21. The van der Waals surface area contributed by atoms with Crippen LogP contribution in [0.5, 0.6) is 11.5 Å². The molecule has 0 aromatic heterocycles. The van der Waals surface area contributed by atoms with Gasteiger partial charge in [0.05, 0.1) is 24.7 Å². The van der Waals surface area contributed by atoms with E-state index >= 15 is 0 Å². The molecule has 4 atom stereocenters. The third-order valence-electron chi connectivity index (χ3n) is 6.36. The number of carboxylic acids is 1. The van der Waals surface area contributed by atoms with Crippen LogP contribution < -0.4 is 4.74 Å². The zero-order valence-corrected chi connectivity index (χ0v) is 16.3. The quantitative estimate of drug-likeness (QED) is 0.825. The fraction of sp³-hybridized carbons (Fsp3) is 0.619. The van der Waals surface area contributed by atoms with E-state index in [2.05, 4.69) is 0 Å². The predicted molar refractivity (Wildman–Crippen MR) is 100 cm³/mol. The largest absolute Gasteiger partial charge is 0.504 e. The van der Waals surface area contributed by atoms with Crippen molar-refractivity contribution in [3.8, 4) is 11.5 Å². The van der Waals surface area contributed by atoms with Gasteiger partial charge in [-0.2, -0.15) is 0 Å². The van der Waals surface area contributed by atoms with Crippen LogP contribution in [0.2, 0.25) is 0 Å². The van der Waals surface area contributed by atoms with Crippen molar-refractivity contribution in [2.45, 2.75) is 69.8 Å². The number of phenolic OH excluding ortho intramolecular Hbond substituents is 1. The summed E-state index contributed by atoms with van der Waals surface area (Å²) in [5.74, 6) is -0.455. The molecule has 1 amide bonds. The van der Waals surface area contributed by atoms with E-state index in [1.165, 1.54) is 0 Å². The summed E-state index contributed by atoms with van der Waals surface area (Å²) in [5.41, 5.74) is 0.298. The minimum atomic E-state index is -0.958. The molecule has 0 radical (unpaired) electrons. The number of hydrogen-bond donors (Lipinski definition) is 2. The maximum Gasteiger partial charge on any atom is 0.303 e. The highest BCUT2D eigenvalue weighted by Crippen LogP contribution is 2.54. The topological polar surface area (TPSA) is 96.3 Å². The molecule has 1 aromatic rings. The van der Waals surface area contributed by atoms with Crippen LogP contribution in [0.15, 0.2) is 18.2 Å². The maximum atomic E-state index is 12.7. The number of fused-ring (bicyclic) bond motifs is 4. The molecule has 0 unspecified atom stereocenters. The first-order valence-corrected chi connectivity index (χ1v) is 9.95. The molecule has 3 heterocycles. The highest BCUT2D eigenvalue weighted by atomic mass is 16.5. The third-order valence-corrected chi connectivity index (χ3v) is 6.36. The number of rotatable bonds is 3. The Labute approximate surface area is 164 Å². The Bertz CT molecular complexity index is 791. The number of para-hydroxylation sites is 1. The Morgan fingerprint density at radius 1 is 1.29 bits per heavy atom. The molecule has 2 saturated heterocycles. The number of amides is 1. The molecule has 1 aromatic carbocycles. The van der Waals surface area contributed by atoms with Gasteiger partial charge in [-0.1, -0.05) is 12.1 Å². The number of benzene rings is 1. The molecule has 28 heavy (non-hydrogen) atoms. The number of nitrogens with zero attached hydrogens (tertiary/aromatic N) is 1. The van der Waals surface area contributed by atoms with E-state index in [-0.39, 0.29) is 48.7 Å². The van der Waals surface area contributed by atoms with Crippen LogP contribution in [0.1, 0.15) is 57.6 Å². The van der Waals surface area contributed by atoms with Crippen LogP contribution in [0.25, 0.3) is 0 Å². The summed E-state index contributed by atoms with van der Waals surface area (Å²) in [4.78, 5) is 25.3. The molecule has 3 aliphatic rings. The lowest BCUT2D eigenvalue weighted by Gasteiger charge is -2.54. The molecule has 0 spiro atoms. The summed E-state index contributed by atoms with van der Waals surface area (Å²) < 4.78 is 12.7. The monoisotopic (exact) mass is 389 g/mol. The standard InChI is InChI=1S/C21H27NO6/c1-21(2)13-11-14-16(7-4-10-22(14)17(24)8-9-18(25)26)27-19(13)12-5-3-6-15(23)20(12)28-21/h3,5-6,13-14,16,19,23H,4,7-11H2,1-2H3,(H,25,26)/t13-,14-,16-,19+/m1/s1. The number of likely N-dealkylation sites (tertiary alicyclic amines) is 1. The van der Waals surface area contributed by atoms with Crippen molar-refractivity contribution in [2.24, 2.45) is 5.92 Å². The Morgan fingerprint density at radius 2 is 2.07 bits per heavy atom. The molecule has 4 rings (SSSR count). The van der Waals surface area contributed by atoms with Gasteiger partial charge < -0.3 is 24.6 Å². The molecule has 0 saturated carbocycles. The summed E-state index contributed by atoms with van der Waals surface area (Å²) in [5, 5.41) is 19.1. The molecule has 3 aliphatic heterocycles. The Balaban J connectivity index is 1.61. The first-order chi connectivity index (χ1) is 13.3. The average Bonchev–Trinajstić information content (AvgIpc) is 2.65. The number of piperidine rings is 1. The minimum absolute atomic E-state index is 0.0171. The Kier molecular flexibility index (Phi) is 4.73. The van der Waals surface area contributed by atoms with Gasteiger partial charge in [-0.3, -0.25) is 9.59 Å². The van der Waals surface area contributed by atoms with Crippen LogP contribution in [-0.2, 0) is 14.3 Å². The van der Waals surface area contributed by atoms with Gasteiger partial charge in [-0.15, -0.1) is 0 Å². The summed E-state index contributed by atoms with van der Waals surface area (Å²) in [6.07, 6.45) is 2.02. The van der Waals surface area contributed by atoms with Crippen molar-refractivity contribution < 1.29 is 29.3 Å². The molecular weight excluding hydrogens is 362 g/mol. The van der Waals surface area contributed by atoms with Crippen LogP contribution in [0, 0.1) is 5.92 Å². The van der Waals surface area contributed by atoms with E-state index in [1.807, 2.05) is 24.8 Å². The fourth-order valence-corrected chi connectivity index (χ4v) is 4.95. The zero-order valence-electron chi connectivity index (χ0n) is 16.3. The predicted octanol–water partition coefficient (Wildman–Crippen LogP) is 2.87. The highest BCUT2D eigenvalue weighted by molar-refractivity contribution is 5.81. The first kappa shape index (κ1) is 19.1. The summed E-state index contributed by atoms with van der Waals surface area (Å²) in [7, 11) is 0. The molecule has 0 aliphatic carbocycles. The lowest BCUT2D eigenvalue weighted by molar-refractivity contribution is -0.193. The fourth-order valence-electron chi connectivity index (χ4n) is 4.95. The molecule has 7 nitrogen and oxygen atoms in total. The van der Waals surface area contributed by atoms with Gasteiger partial charge in [0.1, 0.15) is 5.60 Å². The van der Waals surface area contributed by atoms with E-state index < -0.39 is 11.6 Å². The minimum Gasteiger partial charge on any atom is -0.504 e. The molecule has 7 heteroatoms. The van der Waals surface area contributed by atoms with Gasteiger partial charge in [0, 0.05) is 24.4 Å². The number of carbonyl (C=O) groups excluding carboxylic acids is 1. The van der Waals surface area contributed by atoms with Crippen LogP contribution in [0.4, 0.5) is 0 Å². The van der Waals surface area contributed by atoms with Gasteiger partial charge in [0.2, 0.25) is 5.91 Å². The summed E-state index contributed by atoms with van der Waals surface area (Å²) in [6.45, 7) is 4.62. The Hall–Kier alpha value is -2.28. The Morgan fingerprint density at radius 3 is 2.82 bits per heavy atom. The van der Waals surface area contributed by atoms with Crippen molar-refractivity contribution >= 4 is 11.9 Å². The molecular formula is C21H27NO6. The zero-order chi connectivity index (χ0) is 20.1. The number of carbonyl (C=O) groups is 2. The number of ether oxygens (including phenoxy) is 2. The molecule has 0 bridgehead atoms. The number of hydrogen-bond acceptors (Lipinski definition) is 5. The molecule has 152 valence electrons. The second-order valence-corrected chi connectivity index (χ2v) is 8.53. The van der Waals surface area contributed by atoms with E-state index in [4.69, 9.17) is 14.6 Å². The van der Waals surface area contributed by atoms with Gasteiger partial charge in [0.15, 0.2) is 11.5 Å². The van der Waals surface area contributed by atoms with Crippen molar-refractivity contribution in [1.29, 1.82) is 0 Å². The second kappa shape index (κ2) is 6.95. The van der Waals surface area contributed by atoms with E-state index in [1.54, 1.807) is 12.1 Å². The van der Waals surface area contributed by atoms with Crippen molar-refractivity contribution in [2.75, 3.05) is 6.54 Å². The van der Waals surface area contributed by atoms with Gasteiger partial charge in [-0.25, -0.2) is 0 Å². The normalized spacial score (nSPS) is 30.4. The SMILES string of the molecule is CC1(C)Oc2c(O)cccc2[C@@H]2O[C@@H]3CCCN(C(=O)CCC(=O)O)[C@@H]3C[C@H]21. The average molecular weight is 389 g/mol. The van der Waals surface area contributed by atoms with Crippen LogP contribution in [0.3, 0.4) is 0 Å². The molecule has 2 fully saturated rings. The summed E-state index contributed by atoms with van der Waals surface area (Å²) in [6, 6.07) is 5.27. The highest BCUT2D eigenvalue weighted by Gasteiger charge is 2.53. The van der Waals surface area contributed by atoms with Gasteiger partial charge >= 0.3 is 5.97 Å². The van der Waals surface area contributed by atoms with Gasteiger partial charge in [-0.05, 0) is 39.2 Å². The lowest BCUT2D eigenvalue weighted by atomic mass is 9.72. The van der Waals surface area contributed by atoms with E-state index in [0.29, 0.717) is 12.3 Å². The van der Waals surface area contributed by atoms with Crippen molar-refractivity contribution in [1.82, 2.24) is 4.90 Å². The van der Waals surface area contributed by atoms with Crippen molar-refractivity contribution in [3.63, 3.8) is 0 Å². The number of aromatic hydroxyl groups is 1. The summed E-state index contributed by atoms with van der Waals surface area (Å²) >= 11 is 0. The smallest absolute Gasteiger partial charge is 0.303 e. The van der Waals surface area contributed by atoms with E-state index in [9.17, 15) is 14.7 Å². The lowest BCUT2D eigenvalue weighted by Crippen LogP contribution is -2.60. The first-order valence-electron chi connectivity index (χ1n) is 9.95. The van der Waals surface area contributed by atoms with Crippen LogP contribution in [-0.4, -0.2) is 51.3 Å². The van der Waals surface area contributed by atoms with Crippen molar-refractivity contribution in [3.05, 3.63) is 23.8 Å². The van der Waals surface area contributed by atoms with Gasteiger partial charge in [0.25, 0.3) is 0 Å². The van der Waals surface area contributed by atoms with Crippen LogP contribution >= 0.6 is 0 Å². The number of carboxylic acid groups (broad SMARTS) is 1.